The number of ether oxygens (including phenoxy) is 1. The van der Waals surface area contributed by atoms with Gasteiger partial charge in [-0.1, -0.05) is 35.6 Å². The zero-order valence-electron chi connectivity index (χ0n) is 19.7. The Kier molecular flexibility index (Phi) is 6.33. The van der Waals surface area contributed by atoms with Gasteiger partial charge in [-0.3, -0.25) is 4.79 Å². The van der Waals surface area contributed by atoms with Crippen LogP contribution in [0.15, 0.2) is 76.6 Å². The monoisotopic (exact) mass is 521 g/mol. The van der Waals surface area contributed by atoms with E-state index in [1.807, 2.05) is 24.3 Å². The highest BCUT2D eigenvalue weighted by Crippen LogP contribution is 2.25. The highest BCUT2D eigenvalue weighted by atomic mass is 32.2. The number of nitrogens with zero attached hydrogens (tertiary/aromatic N) is 3. The lowest BCUT2D eigenvalue weighted by Crippen LogP contribution is -2.35. The molecule has 0 radical (unpaired) electrons. The number of methoxy groups -OCH3 is 1. The van der Waals surface area contributed by atoms with E-state index in [1.54, 1.807) is 29.8 Å². The van der Waals surface area contributed by atoms with Crippen LogP contribution >= 0.6 is 11.3 Å². The summed E-state index contributed by atoms with van der Waals surface area (Å²) >= 11 is 1.27. The molecule has 0 saturated heterocycles. The van der Waals surface area contributed by atoms with Crippen LogP contribution in [0.5, 0.6) is 0 Å². The lowest BCUT2D eigenvalue weighted by Gasteiger charge is -2.28. The first-order chi connectivity index (χ1) is 17.3. The van der Waals surface area contributed by atoms with Crippen LogP contribution in [0.3, 0.4) is 0 Å². The zero-order chi connectivity index (χ0) is 25.4. The Labute approximate surface area is 212 Å². The van der Waals surface area contributed by atoms with Crippen LogP contribution in [0.4, 0.5) is 0 Å². The second-order valence-electron chi connectivity index (χ2n) is 8.42. The van der Waals surface area contributed by atoms with Crippen molar-refractivity contribution in [2.24, 2.45) is 12.0 Å². The Morgan fingerprint density at radius 1 is 0.972 bits per heavy atom. The molecule has 1 amide bonds. The van der Waals surface area contributed by atoms with Crippen molar-refractivity contribution < 1.29 is 22.7 Å². The van der Waals surface area contributed by atoms with Gasteiger partial charge in [-0.15, -0.1) is 0 Å². The third-order valence-electron chi connectivity index (χ3n) is 6.26. The molecule has 1 aliphatic heterocycles. The fourth-order valence-electron chi connectivity index (χ4n) is 4.23. The number of thiazole rings is 1. The van der Waals surface area contributed by atoms with Gasteiger partial charge in [0.2, 0.25) is 10.0 Å². The molecule has 0 atom stereocenters. The number of aryl methyl sites for hydroxylation is 1. The summed E-state index contributed by atoms with van der Waals surface area (Å²) in [5, 5.41) is 0. The van der Waals surface area contributed by atoms with E-state index in [9.17, 15) is 18.0 Å². The maximum Gasteiger partial charge on any atom is 0.337 e. The molecule has 0 saturated carbocycles. The van der Waals surface area contributed by atoms with Crippen LogP contribution in [-0.4, -0.2) is 42.8 Å². The number of amides is 1. The first kappa shape index (κ1) is 24.1. The van der Waals surface area contributed by atoms with Crippen molar-refractivity contribution in [3.8, 4) is 0 Å². The molecule has 0 unspecified atom stereocenters. The molecule has 0 N–H and O–H groups in total. The Morgan fingerprint density at radius 3 is 2.39 bits per heavy atom. The summed E-state index contributed by atoms with van der Waals surface area (Å²) in [5.41, 5.74) is 3.70. The number of aromatic nitrogens is 1. The van der Waals surface area contributed by atoms with Gasteiger partial charge >= 0.3 is 5.97 Å². The first-order valence-corrected chi connectivity index (χ1v) is 13.5. The van der Waals surface area contributed by atoms with Crippen molar-refractivity contribution in [3.05, 3.63) is 93.8 Å². The highest BCUT2D eigenvalue weighted by molar-refractivity contribution is 7.89. The van der Waals surface area contributed by atoms with Crippen LogP contribution in [0.25, 0.3) is 10.2 Å². The van der Waals surface area contributed by atoms with E-state index in [2.05, 4.69) is 4.99 Å². The lowest BCUT2D eigenvalue weighted by molar-refractivity contribution is 0.0600. The quantitative estimate of drug-likeness (QED) is 0.383. The molecule has 1 aromatic heterocycles. The largest absolute Gasteiger partial charge is 0.465 e. The minimum Gasteiger partial charge on any atom is -0.465 e. The molecule has 0 aliphatic carbocycles. The van der Waals surface area contributed by atoms with Crippen LogP contribution in [0.1, 0.15) is 31.8 Å². The van der Waals surface area contributed by atoms with Crippen molar-refractivity contribution in [2.75, 3.05) is 13.7 Å². The number of rotatable bonds is 4. The van der Waals surface area contributed by atoms with E-state index in [0.29, 0.717) is 29.9 Å². The Morgan fingerprint density at radius 2 is 1.67 bits per heavy atom. The molecule has 5 rings (SSSR count). The zero-order valence-corrected chi connectivity index (χ0v) is 21.3. The number of hydrogen-bond donors (Lipinski definition) is 0. The molecular formula is C26H23N3O5S2. The smallest absolute Gasteiger partial charge is 0.337 e. The molecule has 0 spiro atoms. The lowest BCUT2D eigenvalue weighted by atomic mass is 10.0. The highest BCUT2D eigenvalue weighted by Gasteiger charge is 2.28. The molecule has 2 heterocycles. The third kappa shape index (κ3) is 4.39. The third-order valence-corrected chi connectivity index (χ3v) is 9.22. The van der Waals surface area contributed by atoms with Crippen LogP contribution in [0.2, 0.25) is 0 Å². The number of carbonyl (C=O) groups excluding carboxylic acids is 2. The van der Waals surface area contributed by atoms with Gasteiger partial charge in [-0.2, -0.15) is 9.30 Å². The van der Waals surface area contributed by atoms with Gasteiger partial charge in [0.05, 0.1) is 27.8 Å². The summed E-state index contributed by atoms with van der Waals surface area (Å²) in [5.74, 6) is -0.924. The van der Waals surface area contributed by atoms with E-state index in [4.69, 9.17) is 4.74 Å². The van der Waals surface area contributed by atoms with Gasteiger partial charge in [0, 0.05) is 25.7 Å². The SMILES string of the molecule is COC(=O)c1ccc2c(c1)sc(=NC(=O)c1ccc(S(=O)(=O)N3CCc4ccccc4C3)cc1)n2C. The van der Waals surface area contributed by atoms with Crippen molar-refractivity contribution in [1.82, 2.24) is 8.87 Å². The normalized spacial score (nSPS) is 14.6. The van der Waals surface area contributed by atoms with Gasteiger partial charge < -0.3 is 9.30 Å². The van der Waals surface area contributed by atoms with Crippen molar-refractivity contribution in [2.45, 2.75) is 17.9 Å². The maximum absolute atomic E-state index is 13.2. The summed E-state index contributed by atoms with van der Waals surface area (Å²) in [6.45, 7) is 0.740. The van der Waals surface area contributed by atoms with E-state index in [-0.39, 0.29) is 10.5 Å². The Bertz CT molecular complexity index is 1670. The second-order valence-corrected chi connectivity index (χ2v) is 11.4. The first-order valence-electron chi connectivity index (χ1n) is 11.2. The number of carbonyl (C=O) groups is 2. The Hall–Kier alpha value is -3.60. The van der Waals surface area contributed by atoms with Crippen LogP contribution < -0.4 is 4.80 Å². The molecule has 0 bridgehead atoms. The van der Waals surface area contributed by atoms with Gasteiger partial charge in [-0.05, 0) is 60.0 Å². The van der Waals surface area contributed by atoms with E-state index < -0.39 is 21.9 Å². The van der Waals surface area contributed by atoms with Crippen molar-refractivity contribution in [3.63, 3.8) is 0 Å². The molecule has 8 nitrogen and oxygen atoms in total. The molecule has 184 valence electrons. The van der Waals surface area contributed by atoms with Crippen molar-refractivity contribution >= 4 is 43.5 Å². The summed E-state index contributed by atoms with van der Waals surface area (Å²) in [6.07, 6.45) is 0.665. The van der Waals surface area contributed by atoms with Gasteiger partial charge in [0.15, 0.2) is 4.80 Å². The average molecular weight is 522 g/mol. The molecule has 1 aliphatic rings. The molecular weight excluding hydrogens is 498 g/mol. The van der Waals surface area contributed by atoms with E-state index in [0.717, 1.165) is 15.8 Å². The van der Waals surface area contributed by atoms with Crippen molar-refractivity contribution in [1.29, 1.82) is 0 Å². The predicted molar refractivity (Wildman–Crippen MR) is 136 cm³/mol. The molecule has 10 heteroatoms. The van der Waals surface area contributed by atoms with Gasteiger partial charge in [0.25, 0.3) is 5.91 Å². The summed E-state index contributed by atoms with van der Waals surface area (Å²) in [6, 6.07) is 18.9. The standard InChI is InChI=1S/C26H23N3O5S2/c1-28-22-12-9-19(25(31)34-2)15-23(22)35-26(28)27-24(30)18-7-10-21(11-8-18)36(32,33)29-14-13-17-5-3-4-6-20(17)16-29/h3-12,15H,13-14,16H2,1-2H3. The summed E-state index contributed by atoms with van der Waals surface area (Å²) < 4.78 is 35.2. The Balaban J connectivity index is 1.39. The minimum absolute atomic E-state index is 0.140. The minimum atomic E-state index is -3.69. The molecule has 36 heavy (non-hydrogen) atoms. The second kappa shape index (κ2) is 9.45. The van der Waals surface area contributed by atoms with Crippen LogP contribution in [0, 0.1) is 0 Å². The van der Waals surface area contributed by atoms with E-state index in [1.165, 1.54) is 52.6 Å². The topological polar surface area (TPSA) is 98.0 Å². The summed E-state index contributed by atoms with van der Waals surface area (Å²) in [7, 11) is -0.583. The fourth-order valence-corrected chi connectivity index (χ4v) is 6.71. The molecule has 3 aromatic carbocycles. The number of esters is 1. The predicted octanol–water partition coefficient (Wildman–Crippen LogP) is 3.51. The van der Waals surface area contributed by atoms with E-state index >= 15 is 0 Å². The van der Waals surface area contributed by atoms with Crippen LogP contribution in [-0.2, 0) is 34.8 Å². The number of fused-ring (bicyclic) bond motifs is 2. The maximum atomic E-state index is 13.2. The molecule has 4 aromatic rings. The van der Waals surface area contributed by atoms with Gasteiger partial charge in [0.1, 0.15) is 0 Å². The number of sulfonamides is 1. The summed E-state index contributed by atoms with van der Waals surface area (Å²) in [4.78, 5) is 29.5. The number of hydrogen-bond acceptors (Lipinski definition) is 6. The average Bonchev–Trinajstić information content (AvgIpc) is 3.21. The van der Waals surface area contributed by atoms with Gasteiger partial charge in [-0.25, -0.2) is 13.2 Å². The number of benzene rings is 3. The molecule has 0 fully saturated rings. The fraction of sp³-hybridized carbons (Fsp3) is 0.192.